The van der Waals surface area contributed by atoms with Crippen LogP contribution in [0.25, 0.3) is 0 Å². The fourth-order valence-electron chi connectivity index (χ4n) is 2.07. The predicted molar refractivity (Wildman–Crippen MR) is 101 cm³/mol. The fourth-order valence-corrected chi connectivity index (χ4v) is 3.82. The van der Waals surface area contributed by atoms with Gasteiger partial charge in [0.05, 0.1) is 23.0 Å². The summed E-state index contributed by atoms with van der Waals surface area (Å²) < 4.78 is 28.7. The number of hydrogen-bond donors (Lipinski definition) is 1. The molecule has 2 aromatic rings. The maximum atomic E-state index is 12.3. The van der Waals surface area contributed by atoms with Crippen LogP contribution in [0.15, 0.2) is 58.3 Å². The minimum atomic E-state index is -3.23. The van der Waals surface area contributed by atoms with Crippen molar-refractivity contribution >= 4 is 33.2 Å². The van der Waals surface area contributed by atoms with Crippen molar-refractivity contribution in [2.75, 3.05) is 18.2 Å². The number of benzene rings is 2. The summed E-state index contributed by atoms with van der Waals surface area (Å²) in [5.41, 5.74) is 0.572. The van der Waals surface area contributed by atoms with E-state index in [0.29, 0.717) is 5.69 Å². The van der Waals surface area contributed by atoms with Gasteiger partial charge in [-0.2, -0.15) is 0 Å². The zero-order valence-electron chi connectivity index (χ0n) is 14.4. The third-order valence-corrected chi connectivity index (χ3v) is 6.46. The van der Waals surface area contributed by atoms with Crippen LogP contribution in [0.2, 0.25) is 0 Å². The van der Waals surface area contributed by atoms with Crippen molar-refractivity contribution in [2.24, 2.45) is 0 Å². The number of anilines is 1. The molecule has 0 spiro atoms. The highest BCUT2D eigenvalue weighted by Crippen LogP contribution is 2.26. The predicted octanol–water partition coefficient (Wildman–Crippen LogP) is 3.61. The molecule has 0 heterocycles. The molecule has 7 heteroatoms. The van der Waals surface area contributed by atoms with Crippen LogP contribution >= 0.6 is 11.8 Å². The van der Waals surface area contributed by atoms with Gasteiger partial charge in [-0.1, -0.05) is 6.92 Å². The van der Waals surface area contributed by atoms with Crippen LogP contribution < -0.4 is 10.1 Å². The first-order valence-electron chi connectivity index (χ1n) is 7.80. The van der Waals surface area contributed by atoms with E-state index in [1.165, 1.54) is 23.9 Å². The zero-order valence-corrected chi connectivity index (χ0v) is 16.0. The van der Waals surface area contributed by atoms with E-state index in [1.807, 2.05) is 31.2 Å². The van der Waals surface area contributed by atoms with Crippen molar-refractivity contribution in [3.63, 3.8) is 0 Å². The van der Waals surface area contributed by atoms with Crippen molar-refractivity contribution in [1.82, 2.24) is 0 Å². The van der Waals surface area contributed by atoms with Crippen molar-refractivity contribution < 1.29 is 17.9 Å². The van der Waals surface area contributed by atoms with E-state index in [2.05, 4.69) is 5.32 Å². The third-order valence-electron chi connectivity index (χ3n) is 3.60. The molecule has 0 saturated carbocycles. The number of ether oxygens (including phenoxy) is 1. The van der Waals surface area contributed by atoms with Crippen LogP contribution in [0, 0.1) is 0 Å². The summed E-state index contributed by atoms with van der Waals surface area (Å²) in [5, 5.41) is 2.50. The molecule has 1 amide bonds. The lowest BCUT2D eigenvalue weighted by Gasteiger charge is -2.12. The molecule has 0 aromatic heterocycles. The molecule has 134 valence electrons. The second kappa shape index (κ2) is 8.40. The highest BCUT2D eigenvalue weighted by atomic mass is 32.2. The van der Waals surface area contributed by atoms with Gasteiger partial charge in [-0.05, 0) is 55.5 Å². The average molecular weight is 380 g/mol. The van der Waals surface area contributed by atoms with Crippen LogP contribution in [-0.2, 0) is 14.6 Å². The van der Waals surface area contributed by atoms with Gasteiger partial charge in [0.2, 0.25) is 5.91 Å². The molecule has 25 heavy (non-hydrogen) atoms. The average Bonchev–Trinajstić information content (AvgIpc) is 2.62. The minimum absolute atomic E-state index is 0.0498. The van der Waals surface area contributed by atoms with Gasteiger partial charge in [-0.3, -0.25) is 4.79 Å². The first-order chi connectivity index (χ1) is 11.9. The second-order valence-corrected chi connectivity index (χ2v) is 9.05. The number of nitrogens with one attached hydrogen (secondary N) is 1. The van der Waals surface area contributed by atoms with E-state index in [0.717, 1.165) is 10.6 Å². The first-order valence-corrected chi connectivity index (χ1v) is 10.3. The Hall–Kier alpha value is -1.99. The SMILES string of the molecule is CCS(=O)(=O)c1ccc(NC(=O)C(C)Sc2ccc(OC)cc2)cc1. The van der Waals surface area contributed by atoms with Crippen molar-refractivity contribution in [2.45, 2.75) is 28.9 Å². The molecular formula is C18H21NO4S2. The molecular weight excluding hydrogens is 358 g/mol. The lowest BCUT2D eigenvalue weighted by molar-refractivity contribution is -0.115. The van der Waals surface area contributed by atoms with Crippen molar-refractivity contribution in [3.05, 3.63) is 48.5 Å². The van der Waals surface area contributed by atoms with Crippen molar-refractivity contribution in [1.29, 1.82) is 0 Å². The van der Waals surface area contributed by atoms with Gasteiger partial charge >= 0.3 is 0 Å². The molecule has 0 bridgehead atoms. The van der Waals surface area contributed by atoms with Gasteiger partial charge in [0, 0.05) is 10.6 Å². The monoisotopic (exact) mass is 379 g/mol. The molecule has 0 saturated heterocycles. The number of methoxy groups -OCH3 is 1. The molecule has 1 unspecified atom stereocenters. The highest BCUT2D eigenvalue weighted by molar-refractivity contribution is 8.00. The molecule has 0 aliphatic carbocycles. The Labute approximate surface area is 152 Å². The van der Waals surface area contributed by atoms with E-state index in [-0.39, 0.29) is 21.8 Å². The minimum Gasteiger partial charge on any atom is -0.497 e. The Balaban J connectivity index is 1.98. The maximum Gasteiger partial charge on any atom is 0.237 e. The van der Waals surface area contributed by atoms with Gasteiger partial charge in [-0.15, -0.1) is 11.8 Å². The van der Waals surface area contributed by atoms with Gasteiger partial charge in [0.25, 0.3) is 0 Å². The molecule has 0 fully saturated rings. The normalized spacial score (nSPS) is 12.4. The fraction of sp³-hybridized carbons (Fsp3) is 0.278. The Kier molecular flexibility index (Phi) is 6.50. The number of carbonyl (C=O) groups is 1. The largest absolute Gasteiger partial charge is 0.497 e. The quantitative estimate of drug-likeness (QED) is 0.744. The molecule has 1 N–H and O–H groups in total. The standard InChI is InChI=1S/C18H21NO4S2/c1-4-25(21,22)17-11-5-14(6-12-17)19-18(20)13(2)24-16-9-7-15(23-3)8-10-16/h5-13H,4H2,1-3H3,(H,19,20). The topological polar surface area (TPSA) is 72.5 Å². The summed E-state index contributed by atoms with van der Waals surface area (Å²) in [5.74, 6) is 0.671. The Morgan fingerprint density at radius 1 is 1.12 bits per heavy atom. The summed E-state index contributed by atoms with van der Waals surface area (Å²) in [4.78, 5) is 13.5. The number of sulfone groups is 1. The molecule has 0 aliphatic rings. The van der Waals surface area contributed by atoms with Crippen molar-refractivity contribution in [3.8, 4) is 5.75 Å². The lowest BCUT2D eigenvalue weighted by Crippen LogP contribution is -2.22. The maximum absolute atomic E-state index is 12.3. The molecule has 1 atom stereocenters. The Bertz CT molecular complexity index is 815. The van der Waals surface area contributed by atoms with E-state index in [9.17, 15) is 13.2 Å². The molecule has 0 radical (unpaired) electrons. The van der Waals surface area contributed by atoms with E-state index < -0.39 is 9.84 Å². The second-order valence-electron chi connectivity index (χ2n) is 5.35. The number of thioether (sulfide) groups is 1. The first kappa shape index (κ1) is 19.3. The van der Waals surface area contributed by atoms with Crippen LogP contribution in [0.5, 0.6) is 5.75 Å². The summed E-state index contributed by atoms with van der Waals surface area (Å²) in [6.07, 6.45) is 0. The summed E-state index contributed by atoms with van der Waals surface area (Å²) in [6, 6.07) is 13.7. The molecule has 2 aromatic carbocycles. The van der Waals surface area contributed by atoms with E-state index >= 15 is 0 Å². The third kappa shape index (κ3) is 5.24. The Morgan fingerprint density at radius 3 is 2.24 bits per heavy atom. The van der Waals surface area contributed by atoms with Gasteiger partial charge in [-0.25, -0.2) is 8.42 Å². The number of hydrogen-bond acceptors (Lipinski definition) is 5. The molecule has 5 nitrogen and oxygen atoms in total. The smallest absolute Gasteiger partial charge is 0.237 e. The van der Waals surface area contributed by atoms with Crippen LogP contribution in [-0.4, -0.2) is 32.4 Å². The zero-order chi connectivity index (χ0) is 18.4. The van der Waals surface area contributed by atoms with Gasteiger partial charge < -0.3 is 10.1 Å². The Morgan fingerprint density at radius 2 is 1.72 bits per heavy atom. The van der Waals surface area contributed by atoms with Gasteiger partial charge in [0.15, 0.2) is 9.84 Å². The summed E-state index contributed by atoms with van der Waals surface area (Å²) in [7, 11) is -1.63. The van der Waals surface area contributed by atoms with E-state index in [1.54, 1.807) is 26.2 Å². The van der Waals surface area contributed by atoms with Gasteiger partial charge in [0.1, 0.15) is 5.75 Å². The molecule has 2 rings (SSSR count). The molecule has 0 aliphatic heterocycles. The van der Waals surface area contributed by atoms with Crippen LogP contribution in [0.3, 0.4) is 0 Å². The lowest BCUT2D eigenvalue weighted by atomic mass is 10.3. The summed E-state index contributed by atoms with van der Waals surface area (Å²) in [6.45, 7) is 3.42. The van der Waals surface area contributed by atoms with Crippen LogP contribution in [0.4, 0.5) is 5.69 Å². The highest BCUT2D eigenvalue weighted by Gasteiger charge is 2.16. The van der Waals surface area contributed by atoms with Crippen LogP contribution in [0.1, 0.15) is 13.8 Å². The number of carbonyl (C=O) groups excluding carboxylic acids is 1. The summed E-state index contributed by atoms with van der Waals surface area (Å²) >= 11 is 1.44. The van der Waals surface area contributed by atoms with E-state index in [4.69, 9.17) is 4.74 Å². The number of rotatable bonds is 7. The number of amides is 1.